The third-order valence-electron chi connectivity index (χ3n) is 4.64. The van der Waals surface area contributed by atoms with E-state index in [0.717, 1.165) is 0 Å². The smallest absolute Gasteiger partial charge is 0.274 e. The normalized spacial score (nSPS) is 21.6. The molecule has 8 heteroatoms. The fourth-order valence-electron chi connectivity index (χ4n) is 3.50. The van der Waals surface area contributed by atoms with Crippen LogP contribution in [0.4, 0.5) is 0 Å². The highest BCUT2D eigenvalue weighted by atomic mass is 16.2. The van der Waals surface area contributed by atoms with E-state index >= 15 is 0 Å². The van der Waals surface area contributed by atoms with Gasteiger partial charge in [0.1, 0.15) is 11.7 Å². The third-order valence-corrected chi connectivity index (χ3v) is 4.64. The van der Waals surface area contributed by atoms with Crippen LogP contribution in [0.25, 0.3) is 0 Å². The minimum atomic E-state index is -0.588. The molecule has 0 spiro atoms. The molecule has 1 aromatic rings. The van der Waals surface area contributed by atoms with Crippen LogP contribution in [0.2, 0.25) is 0 Å². The van der Waals surface area contributed by atoms with E-state index in [1.807, 2.05) is 13.8 Å². The lowest BCUT2D eigenvalue weighted by molar-refractivity contribution is -0.156. The molecule has 2 aliphatic rings. The Balaban J connectivity index is 1.80. The first kappa shape index (κ1) is 17.4. The molecule has 0 N–H and O–H groups in total. The van der Waals surface area contributed by atoms with E-state index in [9.17, 15) is 14.4 Å². The summed E-state index contributed by atoms with van der Waals surface area (Å²) >= 11 is 0. The molecule has 1 unspecified atom stereocenters. The largest absolute Gasteiger partial charge is 0.340 e. The van der Waals surface area contributed by atoms with Crippen LogP contribution in [-0.4, -0.2) is 80.7 Å². The standard InChI is InChI=1S/C17H25N5O3/c1-12(2)7-21-10-15(23)22-6-4-5-20(9-14(22)17(21)25)16(24)13-8-19(3)11-18-13/h8,11-12,14H,4-7,9-10H2,1-3H3. The Labute approximate surface area is 147 Å². The Hall–Kier alpha value is -2.38. The number of carbonyl (C=O) groups excluding carboxylic acids is 3. The maximum Gasteiger partial charge on any atom is 0.274 e. The number of hydrogen-bond acceptors (Lipinski definition) is 4. The third kappa shape index (κ3) is 3.52. The number of nitrogens with zero attached hydrogens (tertiary/aromatic N) is 5. The molecule has 1 aromatic heterocycles. The predicted molar refractivity (Wildman–Crippen MR) is 90.6 cm³/mol. The molecular formula is C17H25N5O3. The Morgan fingerprint density at radius 1 is 1.32 bits per heavy atom. The van der Waals surface area contributed by atoms with Crippen molar-refractivity contribution < 1.29 is 14.4 Å². The SMILES string of the molecule is CC(C)CN1CC(=O)N2CCCN(C(=O)c3cn(C)cn3)CC2C1=O. The van der Waals surface area contributed by atoms with Crippen molar-refractivity contribution in [2.24, 2.45) is 13.0 Å². The first-order valence-electron chi connectivity index (χ1n) is 8.72. The molecule has 0 aromatic carbocycles. The van der Waals surface area contributed by atoms with Crippen LogP contribution in [0.1, 0.15) is 30.8 Å². The highest BCUT2D eigenvalue weighted by molar-refractivity contribution is 5.96. The van der Waals surface area contributed by atoms with Crippen LogP contribution >= 0.6 is 0 Å². The van der Waals surface area contributed by atoms with Gasteiger partial charge in [-0.3, -0.25) is 14.4 Å². The van der Waals surface area contributed by atoms with Gasteiger partial charge in [0.05, 0.1) is 19.4 Å². The van der Waals surface area contributed by atoms with Gasteiger partial charge in [-0.2, -0.15) is 0 Å². The molecule has 0 radical (unpaired) electrons. The van der Waals surface area contributed by atoms with Gasteiger partial charge < -0.3 is 19.3 Å². The topological polar surface area (TPSA) is 78.8 Å². The molecule has 2 saturated heterocycles. The molecule has 2 fully saturated rings. The van der Waals surface area contributed by atoms with E-state index in [1.54, 1.807) is 38.8 Å². The number of aryl methyl sites for hydroxylation is 1. The monoisotopic (exact) mass is 347 g/mol. The lowest BCUT2D eigenvalue weighted by Gasteiger charge is -2.40. The molecule has 3 rings (SSSR count). The summed E-state index contributed by atoms with van der Waals surface area (Å²) in [4.78, 5) is 47.1. The van der Waals surface area contributed by atoms with Crippen molar-refractivity contribution in [3.8, 4) is 0 Å². The van der Waals surface area contributed by atoms with Gasteiger partial charge in [0.25, 0.3) is 5.91 Å². The van der Waals surface area contributed by atoms with Crippen molar-refractivity contribution in [2.75, 3.05) is 32.7 Å². The Kier molecular flexibility index (Phi) is 4.78. The van der Waals surface area contributed by atoms with E-state index in [-0.39, 0.29) is 30.8 Å². The van der Waals surface area contributed by atoms with Gasteiger partial charge in [-0.15, -0.1) is 0 Å². The van der Waals surface area contributed by atoms with Gasteiger partial charge in [0.15, 0.2) is 0 Å². The summed E-state index contributed by atoms with van der Waals surface area (Å²) in [6, 6.07) is -0.588. The Morgan fingerprint density at radius 3 is 2.72 bits per heavy atom. The van der Waals surface area contributed by atoms with Gasteiger partial charge in [-0.25, -0.2) is 4.98 Å². The van der Waals surface area contributed by atoms with E-state index in [1.165, 1.54) is 0 Å². The first-order valence-corrected chi connectivity index (χ1v) is 8.72. The molecule has 2 aliphatic heterocycles. The molecule has 0 saturated carbocycles. The minimum Gasteiger partial charge on any atom is -0.340 e. The highest BCUT2D eigenvalue weighted by Crippen LogP contribution is 2.20. The van der Waals surface area contributed by atoms with Crippen molar-refractivity contribution in [2.45, 2.75) is 26.3 Å². The average Bonchev–Trinajstić information content (AvgIpc) is 2.85. The number of rotatable bonds is 3. The summed E-state index contributed by atoms with van der Waals surface area (Å²) < 4.78 is 1.72. The summed E-state index contributed by atoms with van der Waals surface area (Å²) in [5.41, 5.74) is 0.365. The number of aromatic nitrogens is 2. The molecule has 3 heterocycles. The van der Waals surface area contributed by atoms with Gasteiger partial charge in [-0.1, -0.05) is 13.8 Å². The van der Waals surface area contributed by atoms with Gasteiger partial charge >= 0.3 is 0 Å². The predicted octanol–water partition coefficient (Wildman–Crippen LogP) is -0.0386. The second-order valence-electron chi connectivity index (χ2n) is 7.24. The molecular weight excluding hydrogens is 322 g/mol. The summed E-state index contributed by atoms with van der Waals surface area (Å²) in [6.07, 6.45) is 3.92. The van der Waals surface area contributed by atoms with Crippen LogP contribution in [-0.2, 0) is 16.6 Å². The summed E-state index contributed by atoms with van der Waals surface area (Å²) in [7, 11) is 1.81. The maximum absolute atomic E-state index is 12.9. The molecule has 8 nitrogen and oxygen atoms in total. The van der Waals surface area contributed by atoms with Crippen molar-refractivity contribution in [3.63, 3.8) is 0 Å². The van der Waals surface area contributed by atoms with Crippen LogP contribution in [0, 0.1) is 5.92 Å². The number of fused-ring (bicyclic) bond motifs is 1. The first-order chi connectivity index (χ1) is 11.9. The lowest BCUT2D eigenvalue weighted by atomic mass is 10.1. The van der Waals surface area contributed by atoms with Crippen molar-refractivity contribution in [1.29, 1.82) is 0 Å². The van der Waals surface area contributed by atoms with Crippen molar-refractivity contribution in [1.82, 2.24) is 24.3 Å². The van der Waals surface area contributed by atoms with Gasteiger partial charge in [-0.05, 0) is 12.3 Å². The zero-order valence-electron chi connectivity index (χ0n) is 15.0. The Bertz CT molecular complexity index is 684. The van der Waals surface area contributed by atoms with E-state index < -0.39 is 6.04 Å². The highest BCUT2D eigenvalue weighted by Gasteiger charge is 2.42. The fraction of sp³-hybridized carbons (Fsp3) is 0.647. The summed E-state index contributed by atoms with van der Waals surface area (Å²) in [5, 5.41) is 0. The second kappa shape index (κ2) is 6.85. The molecule has 3 amide bonds. The summed E-state index contributed by atoms with van der Waals surface area (Å²) in [6.45, 7) is 6.01. The number of hydrogen-bond donors (Lipinski definition) is 0. The number of piperazine rings is 1. The molecule has 1 atom stereocenters. The van der Waals surface area contributed by atoms with Crippen LogP contribution in [0.15, 0.2) is 12.5 Å². The van der Waals surface area contributed by atoms with E-state index in [0.29, 0.717) is 37.7 Å². The van der Waals surface area contributed by atoms with Crippen molar-refractivity contribution >= 4 is 17.7 Å². The van der Waals surface area contributed by atoms with Crippen LogP contribution < -0.4 is 0 Å². The molecule has 136 valence electrons. The quantitative estimate of drug-likeness (QED) is 0.769. The molecule has 0 bridgehead atoms. The summed E-state index contributed by atoms with van der Waals surface area (Å²) in [5.74, 6) is 0.00965. The minimum absolute atomic E-state index is 0.0302. The van der Waals surface area contributed by atoms with Gasteiger partial charge in [0, 0.05) is 32.9 Å². The van der Waals surface area contributed by atoms with Crippen LogP contribution in [0.3, 0.4) is 0 Å². The zero-order chi connectivity index (χ0) is 18.1. The maximum atomic E-state index is 12.9. The zero-order valence-corrected chi connectivity index (χ0v) is 15.0. The Morgan fingerprint density at radius 2 is 2.08 bits per heavy atom. The number of carbonyl (C=O) groups is 3. The average molecular weight is 347 g/mol. The molecule has 0 aliphatic carbocycles. The van der Waals surface area contributed by atoms with Crippen molar-refractivity contribution in [3.05, 3.63) is 18.2 Å². The van der Waals surface area contributed by atoms with E-state index in [4.69, 9.17) is 0 Å². The van der Waals surface area contributed by atoms with Crippen LogP contribution in [0.5, 0.6) is 0 Å². The lowest BCUT2D eigenvalue weighted by Crippen LogP contribution is -2.62. The second-order valence-corrected chi connectivity index (χ2v) is 7.24. The molecule has 25 heavy (non-hydrogen) atoms. The van der Waals surface area contributed by atoms with Gasteiger partial charge in [0.2, 0.25) is 11.8 Å². The fourth-order valence-corrected chi connectivity index (χ4v) is 3.50. The number of amides is 3. The number of imidazole rings is 1. The van der Waals surface area contributed by atoms with E-state index in [2.05, 4.69) is 4.98 Å².